The van der Waals surface area contributed by atoms with Crippen molar-refractivity contribution in [3.05, 3.63) is 36.2 Å². The second-order valence-corrected chi connectivity index (χ2v) is 5.12. The first-order valence-electron chi connectivity index (χ1n) is 7.02. The van der Waals surface area contributed by atoms with E-state index in [0.717, 1.165) is 12.2 Å². The Morgan fingerprint density at radius 1 is 1.43 bits per heavy atom. The number of anilines is 2. The Labute approximate surface area is 123 Å². The van der Waals surface area contributed by atoms with Crippen molar-refractivity contribution in [1.29, 1.82) is 0 Å². The molecule has 2 rings (SSSR count). The summed E-state index contributed by atoms with van der Waals surface area (Å²) in [7, 11) is 0. The first kappa shape index (κ1) is 15.2. The summed E-state index contributed by atoms with van der Waals surface area (Å²) < 4.78 is 19.3. The predicted molar refractivity (Wildman–Crippen MR) is 81.8 cm³/mol. The second kappa shape index (κ2) is 6.47. The minimum atomic E-state index is -0.460. The van der Waals surface area contributed by atoms with E-state index in [9.17, 15) is 4.39 Å². The third-order valence-corrected chi connectivity index (χ3v) is 3.05. The fourth-order valence-electron chi connectivity index (χ4n) is 2.06. The smallest absolute Gasteiger partial charge is 0.167 e. The molecule has 0 aliphatic carbocycles. The van der Waals surface area contributed by atoms with Gasteiger partial charge in [0.15, 0.2) is 11.6 Å². The Morgan fingerprint density at radius 3 is 2.76 bits per heavy atom. The molecule has 6 heteroatoms. The van der Waals surface area contributed by atoms with Crippen molar-refractivity contribution in [1.82, 2.24) is 9.97 Å². The standard InChI is InChI=1S/C15H21FN4O/c1-4-12(15-18-5-6-19-15)20-13-8-14(21-9(2)3)10(16)7-11(13)17/h5-9,12,20H,4,17H2,1-3H3,(H,18,19). The highest BCUT2D eigenvalue weighted by Crippen LogP contribution is 2.31. The minimum Gasteiger partial charge on any atom is -0.488 e. The fourth-order valence-corrected chi connectivity index (χ4v) is 2.06. The molecule has 0 bridgehead atoms. The van der Waals surface area contributed by atoms with E-state index in [-0.39, 0.29) is 17.9 Å². The number of nitrogens with zero attached hydrogens (tertiary/aromatic N) is 1. The van der Waals surface area contributed by atoms with Gasteiger partial charge >= 0.3 is 0 Å². The van der Waals surface area contributed by atoms with Crippen LogP contribution in [0.2, 0.25) is 0 Å². The van der Waals surface area contributed by atoms with Crippen LogP contribution in [0.1, 0.15) is 39.1 Å². The molecule has 0 aliphatic heterocycles. The molecule has 1 aromatic heterocycles. The zero-order valence-electron chi connectivity index (χ0n) is 12.5. The lowest BCUT2D eigenvalue weighted by Gasteiger charge is -2.19. The number of nitrogens with one attached hydrogen (secondary N) is 2. The maximum atomic E-state index is 13.8. The number of nitrogen functional groups attached to an aromatic ring is 1. The van der Waals surface area contributed by atoms with Crippen LogP contribution >= 0.6 is 0 Å². The summed E-state index contributed by atoms with van der Waals surface area (Å²) in [6, 6.07) is 2.84. The maximum absolute atomic E-state index is 13.8. The van der Waals surface area contributed by atoms with Crippen molar-refractivity contribution < 1.29 is 9.13 Å². The van der Waals surface area contributed by atoms with E-state index in [0.29, 0.717) is 11.4 Å². The van der Waals surface area contributed by atoms with Crippen molar-refractivity contribution in [3.63, 3.8) is 0 Å². The van der Waals surface area contributed by atoms with Gasteiger partial charge in [-0.15, -0.1) is 0 Å². The average Bonchev–Trinajstić information content (AvgIpc) is 2.94. The molecule has 0 saturated carbocycles. The summed E-state index contributed by atoms with van der Waals surface area (Å²) in [5.41, 5.74) is 6.86. The monoisotopic (exact) mass is 292 g/mol. The van der Waals surface area contributed by atoms with Gasteiger partial charge in [0.25, 0.3) is 0 Å². The number of H-pyrrole nitrogens is 1. The van der Waals surface area contributed by atoms with Crippen LogP contribution < -0.4 is 15.8 Å². The zero-order valence-corrected chi connectivity index (χ0v) is 12.5. The molecular weight excluding hydrogens is 271 g/mol. The van der Waals surface area contributed by atoms with Gasteiger partial charge in [0, 0.05) is 24.5 Å². The van der Waals surface area contributed by atoms with Crippen molar-refractivity contribution in [2.24, 2.45) is 0 Å². The number of benzene rings is 1. The van der Waals surface area contributed by atoms with Gasteiger partial charge in [0.05, 0.1) is 23.5 Å². The van der Waals surface area contributed by atoms with E-state index in [1.165, 1.54) is 6.07 Å². The Bertz CT molecular complexity index is 584. The SMILES string of the molecule is CCC(Nc1cc(OC(C)C)c(F)cc1N)c1ncc[nH]1. The van der Waals surface area contributed by atoms with Crippen molar-refractivity contribution in [2.45, 2.75) is 39.3 Å². The van der Waals surface area contributed by atoms with E-state index in [2.05, 4.69) is 15.3 Å². The van der Waals surface area contributed by atoms with Crippen LogP contribution in [0.5, 0.6) is 5.75 Å². The Hall–Kier alpha value is -2.24. The van der Waals surface area contributed by atoms with E-state index >= 15 is 0 Å². The lowest BCUT2D eigenvalue weighted by atomic mass is 10.1. The molecule has 1 atom stereocenters. The van der Waals surface area contributed by atoms with Gasteiger partial charge in [-0.2, -0.15) is 0 Å². The fraction of sp³-hybridized carbons (Fsp3) is 0.400. The Morgan fingerprint density at radius 2 is 2.19 bits per heavy atom. The van der Waals surface area contributed by atoms with Crippen LogP contribution in [0.4, 0.5) is 15.8 Å². The molecule has 1 heterocycles. The lowest BCUT2D eigenvalue weighted by Crippen LogP contribution is -2.14. The van der Waals surface area contributed by atoms with E-state index in [4.69, 9.17) is 10.5 Å². The molecular formula is C15H21FN4O. The largest absolute Gasteiger partial charge is 0.488 e. The second-order valence-electron chi connectivity index (χ2n) is 5.12. The summed E-state index contributed by atoms with van der Waals surface area (Å²) in [5.74, 6) is 0.543. The molecule has 114 valence electrons. The number of nitrogens with two attached hydrogens (primary N) is 1. The molecule has 0 fully saturated rings. The molecule has 0 aliphatic rings. The van der Waals surface area contributed by atoms with Gasteiger partial charge in [0.2, 0.25) is 0 Å². The highest BCUT2D eigenvalue weighted by atomic mass is 19.1. The predicted octanol–water partition coefficient (Wildman–Crippen LogP) is 3.48. The Balaban J connectivity index is 2.26. The summed E-state index contributed by atoms with van der Waals surface area (Å²) in [5, 5.41) is 3.27. The molecule has 0 spiro atoms. The highest BCUT2D eigenvalue weighted by molar-refractivity contribution is 5.69. The van der Waals surface area contributed by atoms with Crippen LogP contribution in [-0.2, 0) is 0 Å². The van der Waals surface area contributed by atoms with E-state index in [1.54, 1.807) is 18.5 Å². The number of aromatic amines is 1. The van der Waals surface area contributed by atoms with Crippen LogP contribution in [0.3, 0.4) is 0 Å². The first-order chi connectivity index (χ1) is 10.0. The van der Waals surface area contributed by atoms with Gasteiger partial charge in [-0.3, -0.25) is 0 Å². The number of imidazole rings is 1. The number of hydrogen-bond acceptors (Lipinski definition) is 4. The lowest BCUT2D eigenvalue weighted by molar-refractivity contribution is 0.231. The molecule has 4 N–H and O–H groups in total. The molecule has 0 amide bonds. The summed E-state index contributed by atoms with van der Waals surface area (Å²) >= 11 is 0. The molecule has 1 aromatic carbocycles. The third-order valence-electron chi connectivity index (χ3n) is 3.05. The zero-order chi connectivity index (χ0) is 15.4. The number of ether oxygens (including phenoxy) is 1. The topological polar surface area (TPSA) is 76.0 Å². The number of aromatic nitrogens is 2. The van der Waals surface area contributed by atoms with Crippen molar-refractivity contribution in [3.8, 4) is 5.75 Å². The average molecular weight is 292 g/mol. The van der Waals surface area contributed by atoms with E-state index < -0.39 is 5.82 Å². The molecule has 2 aromatic rings. The normalized spacial score (nSPS) is 12.4. The molecule has 0 radical (unpaired) electrons. The number of rotatable bonds is 6. The van der Waals surface area contributed by atoms with E-state index in [1.807, 2.05) is 20.8 Å². The number of hydrogen-bond donors (Lipinski definition) is 3. The maximum Gasteiger partial charge on any atom is 0.167 e. The Kier molecular flexibility index (Phi) is 4.67. The van der Waals surface area contributed by atoms with Crippen LogP contribution in [0, 0.1) is 5.82 Å². The van der Waals surface area contributed by atoms with Crippen LogP contribution in [-0.4, -0.2) is 16.1 Å². The van der Waals surface area contributed by atoms with Gasteiger partial charge in [-0.25, -0.2) is 9.37 Å². The van der Waals surface area contributed by atoms with Gasteiger partial charge < -0.3 is 20.8 Å². The van der Waals surface area contributed by atoms with Crippen molar-refractivity contribution in [2.75, 3.05) is 11.1 Å². The minimum absolute atomic E-state index is 0.0281. The van der Waals surface area contributed by atoms with Crippen molar-refractivity contribution >= 4 is 11.4 Å². The first-order valence-corrected chi connectivity index (χ1v) is 7.02. The summed E-state index contributed by atoms with van der Waals surface area (Å²) in [6.45, 7) is 5.73. The van der Waals surface area contributed by atoms with Gasteiger partial charge in [0.1, 0.15) is 5.82 Å². The van der Waals surface area contributed by atoms with Gasteiger partial charge in [-0.05, 0) is 20.3 Å². The highest BCUT2D eigenvalue weighted by Gasteiger charge is 2.16. The molecule has 21 heavy (non-hydrogen) atoms. The van der Waals surface area contributed by atoms with Gasteiger partial charge in [-0.1, -0.05) is 6.92 Å². The third kappa shape index (κ3) is 3.65. The molecule has 5 nitrogen and oxygen atoms in total. The summed E-state index contributed by atoms with van der Waals surface area (Å²) in [4.78, 5) is 7.30. The molecule has 0 saturated heterocycles. The van der Waals surface area contributed by atoms with Crippen LogP contribution in [0.15, 0.2) is 24.5 Å². The number of halogens is 1. The quantitative estimate of drug-likeness (QED) is 0.712. The summed E-state index contributed by atoms with van der Waals surface area (Å²) in [6.07, 6.45) is 4.16. The molecule has 1 unspecified atom stereocenters. The van der Waals surface area contributed by atoms with Crippen LogP contribution in [0.25, 0.3) is 0 Å².